The number of carbonyl (C=O) groups is 1. The summed E-state index contributed by atoms with van der Waals surface area (Å²) in [4.78, 5) is 15.7. The molecule has 6 nitrogen and oxygen atoms in total. The molecular formula is C20H26FN4O2+. The van der Waals surface area contributed by atoms with Gasteiger partial charge in [0, 0.05) is 5.56 Å². The number of rotatable bonds is 5. The molecule has 1 saturated heterocycles. The number of carbonyl (C=O) groups excluding carboxylic acids is 1. The zero-order valence-corrected chi connectivity index (χ0v) is 16.0. The van der Waals surface area contributed by atoms with Crippen LogP contribution in [0, 0.1) is 12.7 Å². The first kappa shape index (κ1) is 19.1. The zero-order chi connectivity index (χ0) is 19.4. The van der Waals surface area contributed by atoms with E-state index in [1.54, 1.807) is 30.9 Å². The van der Waals surface area contributed by atoms with Gasteiger partial charge in [-0.3, -0.25) is 4.79 Å². The topological polar surface area (TPSA) is 62.3 Å². The second kappa shape index (κ2) is 8.35. The number of benzene rings is 1. The number of nitrogens with zero attached hydrogens (tertiary/aromatic N) is 2. The van der Waals surface area contributed by atoms with Crippen LogP contribution >= 0.6 is 0 Å². The first-order valence-corrected chi connectivity index (χ1v) is 9.26. The van der Waals surface area contributed by atoms with Crippen LogP contribution in [0.4, 0.5) is 10.1 Å². The number of hydrogen-bond donors (Lipinski definition) is 2. The van der Waals surface area contributed by atoms with Crippen molar-refractivity contribution in [3.8, 4) is 0 Å². The predicted molar refractivity (Wildman–Crippen MR) is 103 cm³/mol. The van der Waals surface area contributed by atoms with Gasteiger partial charge in [0.1, 0.15) is 11.6 Å². The van der Waals surface area contributed by atoms with Gasteiger partial charge in [-0.25, -0.2) is 9.82 Å². The molecule has 7 heteroatoms. The van der Waals surface area contributed by atoms with E-state index in [-0.39, 0.29) is 11.7 Å². The van der Waals surface area contributed by atoms with Gasteiger partial charge in [0.15, 0.2) is 0 Å². The van der Waals surface area contributed by atoms with Crippen LogP contribution in [0.15, 0.2) is 40.0 Å². The molecule has 1 aromatic heterocycles. The quantitative estimate of drug-likeness (QED) is 0.618. The van der Waals surface area contributed by atoms with Crippen molar-refractivity contribution in [2.45, 2.75) is 20.8 Å². The van der Waals surface area contributed by atoms with Gasteiger partial charge in [-0.1, -0.05) is 6.07 Å². The summed E-state index contributed by atoms with van der Waals surface area (Å²) in [6, 6.07) is 6.70. The molecule has 27 heavy (non-hydrogen) atoms. The summed E-state index contributed by atoms with van der Waals surface area (Å²) >= 11 is 0. The van der Waals surface area contributed by atoms with Gasteiger partial charge in [0.2, 0.25) is 0 Å². The van der Waals surface area contributed by atoms with Crippen LogP contribution in [0.1, 0.15) is 35.5 Å². The maximum atomic E-state index is 14.6. The fourth-order valence-electron chi connectivity index (χ4n) is 3.29. The highest BCUT2D eigenvalue weighted by Crippen LogP contribution is 2.21. The lowest BCUT2D eigenvalue weighted by atomic mass is 10.1. The number of furan rings is 1. The van der Waals surface area contributed by atoms with Crippen LogP contribution in [0.3, 0.4) is 0 Å². The van der Waals surface area contributed by atoms with Gasteiger partial charge in [-0.15, -0.1) is 0 Å². The van der Waals surface area contributed by atoms with Crippen LogP contribution in [-0.4, -0.2) is 44.3 Å². The number of anilines is 1. The maximum absolute atomic E-state index is 14.6. The van der Waals surface area contributed by atoms with E-state index in [1.165, 1.54) is 12.3 Å². The highest BCUT2D eigenvalue weighted by atomic mass is 19.1. The first-order chi connectivity index (χ1) is 13.0. The van der Waals surface area contributed by atoms with E-state index >= 15 is 0 Å². The number of nitrogens with one attached hydrogen (secondary N) is 2. The molecule has 0 radical (unpaired) electrons. The third-order valence-electron chi connectivity index (χ3n) is 5.11. The summed E-state index contributed by atoms with van der Waals surface area (Å²) < 4.78 is 19.8. The van der Waals surface area contributed by atoms with Crippen LogP contribution in [0.25, 0.3) is 0 Å². The summed E-state index contributed by atoms with van der Waals surface area (Å²) in [7, 11) is 0. The number of halogens is 1. The Morgan fingerprint density at radius 2 is 2.07 bits per heavy atom. The van der Waals surface area contributed by atoms with Crippen molar-refractivity contribution < 1.29 is 18.5 Å². The summed E-state index contributed by atoms with van der Waals surface area (Å²) in [6.45, 7) is 10.5. The fourth-order valence-corrected chi connectivity index (χ4v) is 3.29. The highest BCUT2D eigenvalue weighted by molar-refractivity contribution is 6.01. The lowest BCUT2D eigenvalue weighted by molar-refractivity contribution is -0.898. The van der Waals surface area contributed by atoms with Crippen molar-refractivity contribution in [3.05, 3.63) is 53.2 Å². The molecule has 1 aliphatic rings. The van der Waals surface area contributed by atoms with Crippen molar-refractivity contribution in [2.24, 2.45) is 5.10 Å². The number of hydrazone groups is 1. The maximum Gasteiger partial charge on any atom is 0.274 e. The largest absolute Gasteiger partial charge is 0.469 e. The standard InChI is InChI=1S/C20H25FN4O2/c1-4-24-8-10-25(11-9-24)19-6-5-16(13-18(19)21)14(2)22-23-20(26)17-7-12-27-15(17)3/h5-7,12-13H,4,8-11H2,1-3H3,(H,23,26)/p+1/b22-14-. The van der Waals surface area contributed by atoms with Gasteiger partial charge in [0.25, 0.3) is 5.91 Å². The lowest BCUT2D eigenvalue weighted by Crippen LogP contribution is -3.14. The third-order valence-corrected chi connectivity index (χ3v) is 5.11. The normalized spacial score (nSPS) is 15.9. The Labute approximate surface area is 158 Å². The van der Waals surface area contributed by atoms with E-state index in [1.807, 2.05) is 6.07 Å². The van der Waals surface area contributed by atoms with E-state index in [2.05, 4.69) is 22.4 Å². The Morgan fingerprint density at radius 1 is 1.33 bits per heavy atom. The van der Waals surface area contributed by atoms with Crippen LogP contribution < -0.4 is 15.2 Å². The first-order valence-electron chi connectivity index (χ1n) is 9.26. The van der Waals surface area contributed by atoms with Gasteiger partial charge in [-0.2, -0.15) is 5.10 Å². The summed E-state index contributed by atoms with van der Waals surface area (Å²) in [5.74, 6) is -0.0891. The fraction of sp³-hybridized carbons (Fsp3) is 0.400. The summed E-state index contributed by atoms with van der Waals surface area (Å²) in [6.07, 6.45) is 1.46. The van der Waals surface area contributed by atoms with E-state index in [0.29, 0.717) is 28.3 Å². The van der Waals surface area contributed by atoms with E-state index < -0.39 is 0 Å². The number of piperazine rings is 1. The number of hydrogen-bond acceptors (Lipinski definition) is 4. The third kappa shape index (κ3) is 4.36. The molecule has 3 rings (SSSR count). The minimum Gasteiger partial charge on any atom is -0.469 e. The average Bonchev–Trinajstić information content (AvgIpc) is 3.12. The Bertz CT molecular complexity index is 838. The predicted octanol–water partition coefficient (Wildman–Crippen LogP) is 1.61. The Balaban J connectivity index is 1.67. The molecule has 2 N–H and O–H groups in total. The number of aryl methyl sites for hydroxylation is 1. The Hall–Kier alpha value is -2.67. The molecule has 0 bridgehead atoms. The second-order valence-corrected chi connectivity index (χ2v) is 6.79. The Kier molecular flexibility index (Phi) is 5.91. The zero-order valence-electron chi connectivity index (χ0n) is 16.0. The molecule has 0 atom stereocenters. The van der Waals surface area contributed by atoms with Crippen molar-refractivity contribution >= 4 is 17.3 Å². The SMILES string of the molecule is CC[NH+]1CCN(c2ccc(/C(C)=N\NC(=O)c3ccoc3C)cc2F)CC1. The van der Waals surface area contributed by atoms with Crippen molar-refractivity contribution in [1.29, 1.82) is 0 Å². The Morgan fingerprint density at radius 3 is 2.67 bits per heavy atom. The molecule has 0 unspecified atom stereocenters. The lowest BCUT2D eigenvalue weighted by Gasteiger charge is -2.33. The molecule has 0 spiro atoms. The van der Waals surface area contributed by atoms with Crippen molar-refractivity contribution in [3.63, 3.8) is 0 Å². The van der Waals surface area contributed by atoms with Gasteiger partial charge >= 0.3 is 0 Å². The van der Waals surface area contributed by atoms with E-state index in [4.69, 9.17) is 4.42 Å². The summed E-state index contributed by atoms with van der Waals surface area (Å²) in [5.41, 5.74) is 4.72. The smallest absolute Gasteiger partial charge is 0.274 e. The van der Waals surface area contributed by atoms with Gasteiger partial charge in [0.05, 0.1) is 55.9 Å². The molecular weight excluding hydrogens is 347 g/mol. The minimum absolute atomic E-state index is 0.265. The van der Waals surface area contributed by atoms with Crippen LogP contribution in [0.5, 0.6) is 0 Å². The minimum atomic E-state index is -0.353. The number of likely N-dealkylation sites (N-methyl/N-ethyl adjacent to an activating group) is 1. The number of quaternary nitrogens is 1. The monoisotopic (exact) mass is 373 g/mol. The van der Waals surface area contributed by atoms with E-state index in [9.17, 15) is 9.18 Å². The molecule has 0 aliphatic carbocycles. The molecule has 2 aromatic rings. The molecule has 1 amide bonds. The van der Waals surface area contributed by atoms with Crippen LogP contribution in [-0.2, 0) is 0 Å². The molecule has 0 saturated carbocycles. The van der Waals surface area contributed by atoms with Crippen LogP contribution in [0.2, 0.25) is 0 Å². The molecule has 1 fully saturated rings. The molecule has 144 valence electrons. The second-order valence-electron chi connectivity index (χ2n) is 6.79. The molecule has 1 aliphatic heterocycles. The highest BCUT2D eigenvalue weighted by Gasteiger charge is 2.21. The van der Waals surface area contributed by atoms with Crippen molar-refractivity contribution in [1.82, 2.24) is 5.43 Å². The van der Waals surface area contributed by atoms with Gasteiger partial charge < -0.3 is 14.2 Å². The molecule has 2 heterocycles. The van der Waals surface area contributed by atoms with E-state index in [0.717, 1.165) is 32.7 Å². The molecule has 1 aromatic carbocycles. The summed E-state index contributed by atoms with van der Waals surface area (Å²) in [5, 5.41) is 4.09. The van der Waals surface area contributed by atoms with Crippen molar-refractivity contribution in [2.75, 3.05) is 37.6 Å². The number of amides is 1. The van der Waals surface area contributed by atoms with Gasteiger partial charge in [-0.05, 0) is 39.0 Å². The average molecular weight is 373 g/mol.